The summed E-state index contributed by atoms with van der Waals surface area (Å²) in [7, 11) is 0. The van der Waals surface area contributed by atoms with Gasteiger partial charge < -0.3 is 10.4 Å². The van der Waals surface area contributed by atoms with Crippen LogP contribution in [0.2, 0.25) is 0 Å². The Bertz CT molecular complexity index is 873. The van der Waals surface area contributed by atoms with Crippen LogP contribution in [0.15, 0.2) is 30.5 Å². The highest BCUT2D eigenvalue weighted by atomic mass is 19.4. The van der Waals surface area contributed by atoms with Crippen LogP contribution >= 0.6 is 0 Å². The summed E-state index contributed by atoms with van der Waals surface area (Å²) in [4.78, 5) is 23.0. The third-order valence-electron chi connectivity index (χ3n) is 5.05. The first-order chi connectivity index (χ1) is 13.2. The Morgan fingerprint density at radius 1 is 1.25 bits per heavy atom. The van der Waals surface area contributed by atoms with Gasteiger partial charge in [0, 0.05) is 12.0 Å². The smallest absolute Gasteiger partial charge is 0.416 e. The van der Waals surface area contributed by atoms with Crippen LogP contribution in [0.5, 0.6) is 0 Å². The van der Waals surface area contributed by atoms with E-state index in [4.69, 9.17) is 5.11 Å². The predicted molar refractivity (Wildman–Crippen MR) is 91.6 cm³/mol. The van der Waals surface area contributed by atoms with Crippen molar-refractivity contribution in [2.45, 2.75) is 43.8 Å². The van der Waals surface area contributed by atoms with Gasteiger partial charge in [-0.05, 0) is 24.5 Å². The highest BCUT2D eigenvalue weighted by molar-refractivity contribution is 5.84. The van der Waals surface area contributed by atoms with Crippen molar-refractivity contribution < 1.29 is 27.9 Å². The standard InChI is InChI=1S/C18H19F3N4O3/c19-18(20,21)13-5-3-4-12(8-13)17(6-1-2-7-17)11-22-15(26)10-25-9-14(16(27)28)23-24-25/h3-5,8-9H,1-2,6-7,10-11H2,(H,22,26)(H,27,28). The Kier molecular flexibility index (Phi) is 5.39. The number of benzene rings is 1. The number of carbonyl (C=O) groups is 2. The zero-order valence-corrected chi connectivity index (χ0v) is 14.9. The van der Waals surface area contributed by atoms with Gasteiger partial charge in [0.2, 0.25) is 5.91 Å². The van der Waals surface area contributed by atoms with Crippen LogP contribution in [0.3, 0.4) is 0 Å². The number of nitrogens with zero attached hydrogens (tertiary/aromatic N) is 3. The van der Waals surface area contributed by atoms with Crippen molar-refractivity contribution in [3.05, 3.63) is 47.3 Å². The second-order valence-electron chi connectivity index (χ2n) is 6.95. The SMILES string of the molecule is O=C(Cn1cc(C(=O)O)nn1)NCC1(c2cccc(C(F)(F)F)c2)CCCC1. The summed E-state index contributed by atoms with van der Waals surface area (Å²) >= 11 is 0. The number of nitrogens with one attached hydrogen (secondary N) is 1. The van der Waals surface area contributed by atoms with Crippen molar-refractivity contribution in [3.63, 3.8) is 0 Å². The zero-order chi connectivity index (χ0) is 20.4. The molecule has 2 aromatic rings. The minimum Gasteiger partial charge on any atom is -0.476 e. The largest absolute Gasteiger partial charge is 0.476 e. The van der Waals surface area contributed by atoms with E-state index in [2.05, 4.69) is 15.6 Å². The number of aromatic nitrogens is 3. The molecule has 3 rings (SSSR count). The summed E-state index contributed by atoms with van der Waals surface area (Å²) in [5.41, 5.74) is -0.963. The van der Waals surface area contributed by atoms with Crippen LogP contribution in [0.25, 0.3) is 0 Å². The predicted octanol–water partition coefficient (Wildman–Crippen LogP) is 2.62. The van der Waals surface area contributed by atoms with Gasteiger partial charge in [-0.15, -0.1) is 5.10 Å². The summed E-state index contributed by atoms with van der Waals surface area (Å²) in [6, 6.07) is 5.26. The number of amides is 1. The molecule has 1 aromatic carbocycles. The molecule has 1 aliphatic rings. The summed E-state index contributed by atoms with van der Waals surface area (Å²) in [5, 5.41) is 18.6. The van der Waals surface area contributed by atoms with E-state index in [0.29, 0.717) is 18.4 Å². The molecule has 28 heavy (non-hydrogen) atoms. The number of rotatable bonds is 6. The molecule has 1 aliphatic carbocycles. The zero-order valence-electron chi connectivity index (χ0n) is 14.9. The van der Waals surface area contributed by atoms with Crippen LogP contribution in [-0.2, 0) is 22.9 Å². The van der Waals surface area contributed by atoms with Gasteiger partial charge in [-0.2, -0.15) is 13.2 Å². The van der Waals surface area contributed by atoms with E-state index in [0.717, 1.165) is 35.9 Å². The fraction of sp³-hybridized carbons (Fsp3) is 0.444. The van der Waals surface area contributed by atoms with E-state index in [1.807, 2.05) is 0 Å². The van der Waals surface area contributed by atoms with Crippen molar-refractivity contribution in [1.29, 1.82) is 0 Å². The van der Waals surface area contributed by atoms with Crippen LogP contribution < -0.4 is 5.32 Å². The van der Waals surface area contributed by atoms with Gasteiger partial charge in [0.05, 0.1) is 11.8 Å². The summed E-state index contributed by atoms with van der Waals surface area (Å²) < 4.78 is 40.3. The maximum absolute atomic E-state index is 13.1. The van der Waals surface area contributed by atoms with E-state index in [1.165, 1.54) is 6.07 Å². The molecule has 1 fully saturated rings. The Balaban J connectivity index is 1.71. The molecule has 1 aromatic heterocycles. The Labute approximate surface area is 158 Å². The van der Waals surface area contributed by atoms with Crippen molar-refractivity contribution >= 4 is 11.9 Å². The first-order valence-corrected chi connectivity index (χ1v) is 8.77. The molecular weight excluding hydrogens is 377 g/mol. The lowest BCUT2D eigenvalue weighted by atomic mass is 9.78. The first kappa shape index (κ1) is 19.8. The van der Waals surface area contributed by atoms with Gasteiger partial charge in [0.1, 0.15) is 6.54 Å². The number of carboxylic acid groups (broad SMARTS) is 1. The number of alkyl halides is 3. The first-order valence-electron chi connectivity index (χ1n) is 8.77. The molecule has 10 heteroatoms. The topological polar surface area (TPSA) is 97.1 Å². The molecule has 1 amide bonds. The number of halogens is 3. The lowest BCUT2D eigenvalue weighted by Crippen LogP contribution is -2.40. The maximum atomic E-state index is 13.1. The van der Waals surface area contributed by atoms with Gasteiger partial charge in [-0.1, -0.05) is 36.3 Å². The number of carboxylic acids is 1. The minimum atomic E-state index is -4.42. The van der Waals surface area contributed by atoms with Crippen molar-refractivity contribution in [2.75, 3.05) is 6.54 Å². The summed E-state index contributed by atoms with van der Waals surface area (Å²) in [6.07, 6.45) is -0.176. The molecule has 2 N–H and O–H groups in total. The lowest BCUT2D eigenvalue weighted by Gasteiger charge is -2.30. The highest BCUT2D eigenvalue weighted by Gasteiger charge is 2.38. The quantitative estimate of drug-likeness (QED) is 0.782. The van der Waals surface area contributed by atoms with E-state index in [9.17, 15) is 22.8 Å². The number of hydrogen-bond donors (Lipinski definition) is 2. The fourth-order valence-electron chi connectivity index (χ4n) is 3.59. The van der Waals surface area contributed by atoms with Gasteiger partial charge in [-0.25, -0.2) is 9.48 Å². The third-order valence-corrected chi connectivity index (χ3v) is 5.05. The third kappa shape index (κ3) is 4.32. The number of carbonyl (C=O) groups excluding carboxylic acids is 1. The van der Waals surface area contributed by atoms with Crippen molar-refractivity contribution in [1.82, 2.24) is 20.3 Å². The second kappa shape index (κ2) is 7.61. The molecule has 7 nitrogen and oxygen atoms in total. The molecule has 0 saturated heterocycles. The van der Waals surface area contributed by atoms with Crippen molar-refractivity contribution in [2.24, 2.45) is 0 Å². The Morgan fingerprint density at radius 3 is 2.57 bits per heavy atom. The molecule has 0 unspecified atom stereocenters. The van der Waals surface area contributed by atoms with Crippen LogP contribution in [0.1, 0.15) is 47.3 Å². The molecule has 150 valence electrons. The highest BCUT2D eigenvalue weighted by Crippen LogP contribution is 2.42. The normalized spacial score (nSPS) is 16.1. The molecule has 0 bridgehead atoms. The maximum Gasteiger partial charge on any atom is 0.416 e. The number of hydrogen-bond acceptors (Lipinski definition) is 4. The minimum absolute atomic E-state index is 0.202. The molecule has 0 radical (unpaired) electrons. The van der Waals surface area contributed by atoms with E-state index in [1.54, 1.807) is 6.07 Å². The second-order valence-corrected chi connectivity index (χ2v) is 6.95. The van der Waals surface area contributed by atoms with E-state index >= 15 is 0 Å². The van der Waals surface area contributed by atoms with Crippen LogP contribution in [0.4, 0.5) is 13.2 Å². The van der Waals surface area contributed by atoms with Gasteiger partial charge in [0.15, 0.2) is 5.69 Å². The van der Waals surface area contributed by atoms with Gasteiger partial charge >= 0.3 is 12.1 Å². The average Bonchev–Trinajstić information content (AvgIpc) is 3.30. The van der Waals surface area contributed by atoms with Gasteiger partial charge in [-0.3, -0.25) is 4.79 Å². The van der Waals surface area contributed by atoms with Crippen molar-refractivity contribution in [3.8, 4) is 0 Å². The van der Waals surface area contributed by atoms with E-state index < -0.39 is 29.0 Å². The van der Waals surface area contributed by atoms with Crippen LogP contribution in [-0.4, -0.2) is 38.5 Å². The monoisotopic (exact) mass is 396 g/mol. The Morgan fingerprint density at radius 2 is 1.96 bits per heavy atom. The fourth-order valence-corrected chi connectivity index (χ4v) is 3.59. The number of aromatic carboxylic acids is 1. The average molecular weight is 396 g/mol. The molecular formula is C18H19F3N4O3. The Hall–Kier alpha value is -2.91. The van der Waals surface area contributed by atoms with E-state index in [-0.39, 0.29) is 18.8 Å². The van der Waals surface area contributed by atoms with Gasteiger partial charge in [0.25, 0.3) is 0 Å². The van der Waals surface area contributed by atoms with Crippen LogP contribution in [0, 0.1) is 0 Å². The summed E-state index contributed by atoms with van der Waals surface area (Å²) in [5.74, 6) is -1.67. The molecule has 0 atom stereocenters. The molecule has 0 aliphatic heterocycles. The summed E-state index contributed by atoms with van der Waals surface area (Å²) in [6.45, 7) is -0.0213. The lowest BCUT2D eigenvalue weighted by molar-refractivity contribution is -0.137. The molecule has 1 saturated carbocycles. The molecule has 1 heterocycles. The molecule has 0 spiro atoms.